The maximum Gasteiger partial charge on any atom is 0.230 e. The van der Waals surface area contributed by atoms with Crippen molar-refractivity contribution in [1.29, 1.82) is 0 Å². The number of hydrogen-bond donors (Lipinski definition) is 2. The van der Waals surface area contributed by atoms with Crippen molar-refractivity contribution in [3.63, 3.8) is 0 Å². The highest BCUT2D eigenvalue weighted by Gasteiger charge is 2.06. The van der Waals surface area contributed by atoms with Crippen molar-refractivity contribution in [3.05, 3.63) is 17.5 Å². The monoisotopic (exact) mass is 275 g/mol. The van der Waals surface area contributed by atoms with E-state index in [2.05, 4.69) is 5.32 Å². The number of aliphatic hydroxyl groups is 1. The molecular weight excluding hydrogens is 258 g/mol. The molecule has 1 atom stereocenters. The Morgan fingerprint density at radius 3 is 3.18 bits per heavy atom. The molecule has 96 valence electrons. The predicted molar refractivity (Wildman–Crippen MR) is 70.6 cm³/mol. The molecule has 0 aromatic carbocycles. The first-order valence-corrected chi connectivity index (χ1v) is 7.19. The van der Waals surface area contributed by atoms with E-state index in [1.807, 2.05) is 17.5 Å². The second-order valence-electron chi connectivity index (χ2n) is 3.47. The summed E-state index contributed by atoms with van der Waals surface area (Å²) in [5, 5.41) is 14.1. The molecule has 1 heterocycles. The third kappa shape index (κ3) is 6.68. The number of thiophene rings is 1. The van der Waals surface area contributed by atoms with Crippen LogP contribution in [-0.2, 0) is 9.53 Å². The lowest BCUT2D eigenvalue weighted by Gasteiger charge is -2.09. The van der Waals surface area contributed by atoms with Gasteiger partial charge in [-0.3, -0.25) is 4.79 Å². The molecule has 2 N–H and O–H groups in total. The summed E-state index contributed by atoms with van der Waals surface area (Å²) in [5.74, 6) is 0.411. The normalized spacial score (nSPS) is 12.4. The van der Waals surface area contributed by atoms with Crippen LogP contribution in [0.5, 0.6) is 0 Å². The molecule has 17 heavy (non-hydrogen) atoms. The maximum absolute atomic E-state index is 11.4. The Morgan fingerprint density at radius 1 is 1.71 bits per heavy atom. The van der Waals surface area contributed by atoms with E-state index >= 15 is 0 Å². The highest BCUT2D eigenvalue weighted by Crippen LogP contribution is 2.22. The van der Waals surface area contributed by atoms with Gasteiger partial charge >= 0.3 is 0 Å². The highest BCUT2D eigenvalue weighted by molar-refractivity contribution is 8.01. The molecule has 0 aliphatic carbocycles. The fourth-order valence-corrected chi connectivity index (χ4v) is 2.80. The average Bonchev–Trinajstić information content (AvgIpc) is 2.79. The Labute approximate surface area is 109 Å². The zero-order valence-electron chi connectivity index (χ0n) is 9.72. The minimum atomic E-state index is -0.509. The molecule has 1 aromatic heterocycles. The highest BCUT2D eigenvalue weighted by atomic mass is 32.2. The van der Waals surface area contributed by atoms with Crippen molar-refractivity contribution in [2.24, 2.45) is 0 Å². The van der Waals surface area contributed by atoms with E-state index in [4.69, 9.17) is 4.74 Å². The molecular formula is C11H17NO3S2. The number of hydrogen-bond acceptors (Lipinski definition) is 5. The topological polar surface area (TPSA) is 58.6 Å². The molecule has 0 saturated carbocycles. The Balaban J connectivity index is 2.05. The minimum Gasteiger partial charge on any atom is -0.391 e. The van der Waals surface area contributed by atoms with Crippen LogP contribution < -0.4 is 5.32 Å². The van der Waals surface area contributed by atoms with Crippen molar-refractivity contribution in [2.75, 3.05) is 26.0 Å². The van der Waals surface area contributed by atoms with Gasteiger partial charge in [-0.15, -0.1) is 23.1 Å². The van der Waals surface area contributed by atoms with E-state index < -0.39 is 6.10 Å². The largest absolute Gasteiger partial charge is 0.391 e. The molecule has 0 aliphatic rings. The van der Waals surface area contributed by atoms with Crippen molar-refractivity contribution >= 4 is 29.0 Å². The van der Waals surface area contributed by atoms with E-state index in [9.17, 15) is 9.90 Å². The van der Waals surface area contributed by atoms with E-state index in [-0.39, 0.29) is 5.91 Å². The van der Waals surface area contributed by atoms with Crippen molar-refractivity contribution in [3.8, 4) is 0 Å². The molecule has 1 aromatic rings. The number of nitrogens with one attached hydrogen (secondary N) is 1. The zero-order chi connectivity index (χ0) is 12.5. The Kier molecular flexibility index (Phi) is 7.27. The standard InChI is InChI=1S/C11H17NO3S2/c1-15-7-9(13)4-5-12-10(14)8-17-11-3-2-6-16-11/h2-3,6,9,13H,4-5,7-8H2,1H3,(H,12,14). The van der Waals surface area contributed by atoms with Crippen LogP contribution in [0.25, 0.3) is 0 Å². The van der Waals surface area contributed by atoms with Crippen molar-refractivity contribution in [2.45, 2.75) is 16.7 Å². The van der Waals surface area contributed by atoms with Gasteiger partial charge in [-0.2, -0.15) is 0 Å². The summed E-state index contributed by atoms with van der Waals surface area (Å²) in [4.78, 5) is 11.4. The van der Waals surface area contributed by atoms with Gasteiger partial charge in [-0.05, 0) is 17.9 Å². The van der Waals surface area contributed by atoms with E-state index in [0.717, 1.165) is 4.21 Å². The van der Waals surface area contributed by atoms with Crippen LogP contribution in [0.2, 0.25) is 0 Å². The fourth-order valence-electron chi connectivity index (χ4n) is 1.19. The summed E-state index contributed by atoms with van der Waals surface area (Å²) in [6.45, 7) is 0.786. The van der Waals surface area contributed by atoms with E-state index in [0.29, 0.717) is 25.3 Å². The Hall–Kier alpha value is -0.560. The summed E-state index contributed by atoms with van der Waals surface area (Å²) >= 11 is 3.15. The number of aliphatic hydroxyl groups excluding tert-OH is 1. The predicted octanol–water partition coefficient (Wildman–Crippen LogP) is 1.35. The Bertz CT molecular complexity index is 317. The second kappa shape index (κ2) is 8.52. The lowest BCUT2D eigenvalue weighted by molar-refractivity contribution is -0.118. The van der Waals surface area contributed by atoms with Crippen LogP contribution in [0.15, 0.2) is 21.7 Å². The van der Waals surface area contributed by atoms with Gasteiger partial charge in [-0.25, -0.2) is 0 Å². The number of carbonyl (C=O) groups excluding carboxylic acids is 1. The van der Waals surface area contributed by atoms with Crippen LogP contribution in [0, 0.1) is 0 Å². The van der Waals surface area contributed by atoms with Gasteiger partial charge in [0, 0.05) is 13.7 Å². The molecule has 1 unspecified atom stereocenters. The van der Waals surface area contributed by atoms with Gasteiger partial charge < -0.3 is 15.2 Å². The minimum absolute atomic E-state index is 0.00647. The molecule has 1 amide bonds. The first-order valence-electron chi connectivity index (χ1n) is 5.32. The smallest absolute Gasteiger partial charge is 0.230 e. The molecule has 0 radical (unpaired) electrons. The summed E-state index contributed by atoms with van der Waals surface area (Å²) in [7, 11) is 1.54. The molecule has 0 aliphatic heterocycles. The van der Waals surface area contributed by atoms with Crippen LogP contribution in [0.1, 0.15) is 6.42 Å². The summed E-state index contributed by atoms with van der Waals surface area (Å²) < 4.78 is 5.93. The molecule has 6 heteroatoms. The van der Waals surface area contributed by atoms with Crippen LogP contribution in [0.3, 0.4) is 0 Å². The Morgan fingerprint density at radius 2 is 2.53 bits per heavy atom. The molecule has 0 fully saturated rings. The third-order valence-electron chi connectivity index (χ3n) is 2.00. The average molecular weight is 275 g/mol. The number of methoxy groups -OCH3 is 1. The first-order chi connectivity index (χ1) is 8.22. The fraction of sp³-hybridized carbons (Fsp3) is 0.545. The van der Waals surface area contributed by atoms with Gasteiger partial charge in [0.05, 0.1) is 22.7 Å². The number of amides is 1. The SMILES string of the molecule is COCC(O)CCNC(=O)CSc1cccs1. The van der Waals surface area contributed by atoms with Gasteiger partial charge in [0.2, 0.25) is 5.91 Å². The first kappa shape index (κ1) is 14.5. The number of rotatable bonds is 8. The maximum atomic E-state index is 11.4. The van der Waals surface area contributed by atoms with E-state index in [1.54, 1.807) is 18.4 Å². The summed E-state index contributed by atoms with van der Waals surface area (Å²) in [5.41, 5.74) is 0. The lowest BCUT2D eigenvalue weighted by Crippen LogP contribution is -2.29. The summed E-state index contributed by atoms with van der Waals surface area (Å²) in [6.07, 6.45) is 0.00808. The number of carbonyl (C=O) groups is 1. The third-order valence-corrected chi connectivity index (χ3v) is 4.13. The van der Waals surface area contributed by atoms with Crippen LogP contribution in [-0.4, -0.2) is 43.1 Å². The number of ether oxygens (including phenoxy) is 1. The second-order valence-corrected chi connectivity index (χ2v) is 5.69. The molecule has 0 spiro atoms. The van der Waals surface area contributed by atoms with E-state index in [1.165, 1.54) is 11.8 Å². The van der Waals surface area contributed by atoms with Crippen molar-refractivity contribution in [1.82, 2.24) is 5.32 Å². The molecule has 1 rings (SSSR count). The van der Waals surface area contributed by atoms with Gasteiger partial charge in [-0.1, -0.05) is 6.07 Å². The molecule has 0 saturated heterocycles. The quantitative estimate of drug-likeness (QED) is 0.703. The summed E-state index contributed by atoms with van der Waals surface area (Å²) in [6, 6.07) is 3.96. The van der Waals surface area contributed by atoms with Crippen molar-refractivity contribution < 1.29 is 14.6 Å². The van der Waals surface area contributed by atoms with Gasteiger partial charge in [0.25, 0.3) is 0 Å². The lowest BCUT2D eigenvalue weighted by atomic mass is 10.3. The molecule has 4 nitrogen and oxygen atoms in total. The van der Waals surface area contributed by atoms with Gasteiger partial charge in [0.1, 0.15) is 0 Å². The van der Waals surface area contributed by atoms with Gasteiger partial charge in [0.15, 0.2) is 0 Å². The van der Waals surface area contributed by atoms with Crippen LogP contribution in [0.4, 0.5) is 0 Å². The number of thioether (sulfide) groups is 1. The zero-order valence-corrected chi connectivity index (χ0v) is 11.4. The molecule has 0 bridgehead atoms. The van der Waals surface area contributed by atoms with Crippen LogP contribution >= 0.6 is 23.1 Å².